The maximum absolute atomic E-state index is 12.4. The standard InChI is InChI=1S/C18H25N3O2/c1-7-13(10-16(20-6)18(3,4)23)17(22)21-14-9-8-12(2)15(11-14)19-5/h7-11,19,23H,6H2,1-5H3,(H,21,22)/b13-7+,16-10-. The summed E-state index contributed by atoms with van der Waals surface area (Å²) in [5.74, 6) is -0.274. The second-order valence-electron chi connectivity index (χ2n) is 5.72. The lowest BCUT2D eigenvalue weighted by Gasteiger charge is -2.18. The predicted molar refractivity (Wildman–Crippen MR) is 97.0 cm³/mol. The van der Waals surface area contributed by atoms with Crippen LogP contribution in [-0.2, 0) is 4.79 Å². The number of allylic oxidation sites excluding steroid dienone is 1. The van der Waals surface area contributed by atoms with E-state index in [1.54, 1.807) is 26.8 Å². The van der Waals surface area contributed by atoms with Crippen LogP contribution in [0.4, 0.5) is 11.4 Å². The van der Waals surface area contributed by atoms with Gasteiger partial charge in [0.25, 0.3) is 5.91 Å². The smallest absolute Gasteiger partial charge is 0.255 e. The summed E-state index contributed by atoms with van der Waals surface area (Å²) in [6.07, 6.45) is 3.20. The van der Waals surface area contributed by atoms with Gasteiger partial charge in [-0.1, -0.05) is 12.1 Å². The Morgan fingerprint density at radius 1 is 1.39 bits per heavy atom. The Hall–Kier alpha value is -2.40. The summed E-state index contributed by atoms with van der Waals surface area (Å²) in [5.41, 5.74) is 2.30. The summed E-state index contributed by atoms with van der Waals surface area (Å²) in [4.78, 5) is 16.2. The van der Waals surface area contributed by atoms with Crippen molar-refractivity contribution in [2.45, 2.75) is 33.3 Å². The lowest BCUT2D eigenvalue weighted by molar-refractivity contribution is -0.112. The van der Waals surface area contributed by atoms with E-state index in [-0.39, 0.29) is 5.91 Å². The lowest BCUT2D eigenvalue weighted by atomic mass is 10.0. The number of carbonyl (C=O) groups excluding carboxylic acids is 1. The monoisotopic (exact) mass is 315 g/mol. The zero-order valence-corrected chi connectivity index (χ0v) is 14.4. The Labute approximate surface area is 137 Å². The third-order valence-electron chi connectivity index (χ3n) is 3.43. The highest BCUT2D eigenvalue weighted by Crippen LogP contribution is 2.22. The van der Waals surface area contributed by atoms with Crippen LogP contribution in [0.15, 0.2) is 46.6 Å². The first-order valence-electron chi connectivity index (χ1n) is 7.40. The highest BCUT2D eigenvalue weighted by Gasteiger charge is 2.20. The topological polar surface area (TPSA) is 73.7 Å². The molecular formula is C18H25N3O2. The number of amides is 1. The summed E-state index contributed by atoms with van der Waals surface area (Å²) in [7, 11) is 1.83. The Morgan fingerprint density at radius 3 is 2.52 bits per heavy atom. The van der Waals surface area contributed by atoms with Crippen LogP contribution in [0.2, 0.25) is 0 Å². The van der Waals surface area contributed by atoms with E-state index in [0.717, 1.165) is 11.3 Å². The summed E-state index contributed by atoms with van der Waals surface area (Å²) < 4.78 is 0. The minimum absolute atomic E-state index is 0.274. The van der Waals surface area contributed by atoms with Crippen molar-refractivity contribution in [2.75, 3.05) is 17.7 Å². The van der Waals surface area contributed by atoms with Gasteiger partial charge >= 0.3 is 0 Å². The molecule has 0 spiro atoms. The van der Waals surface area contributed by atoms with Gasteiger partial charge in [0.15, 0.2) is 0 Å². The van der Waals surface area contributed by atoms with Crippen molar-refractivity contribution in [3.8, 4) is 0 Å². The molecule has 1 rings (SSSR count). The van der Waals surface area contributed by atoms with Crippen LogP contribution in [0, 0.1) is 6.92 Å². The number of hydrogen-bond donors (Lipinski definition) is 3. The van der Waals surface area contributed by atoms with Crippen LogP contribution < -0.4 is 10.6 Å². The first-order valence-corrected chi connectivity index (χ1v) is 7.40. The molecule has 0 aliphatic rings. The molecule has 0 heterocycles. The van der Waals surface area contributed by atoms with E-state index in [4.69, 9.17) is 0 Å². The van der Waals surface area contributed by atoms with Crippen LogP contribution in [-0.4, -0.2) is 30.4 Å². The number of nitrogens with one attached hydrogen (secondary N) is 2. The first-order chi connectivity index (χ1) is 10.7. The molecule has 0 unspecified atom stereocenters. The molecule has 1 aromatic carbocycles. The predicted octanol–water partition coefficient (Wildman–Crippen LogP) is 3.28. The van der Waals surface area contributed by atoms with Gasteiger partial charge in [-0.3, -0.25) is 9.79 Å². The molecule has 1 amide bonds. The van der Waals surface area contributed by atoms with Crippen LogP contribution in [0.5, 0.6) is 0 Å². The number of hydrogen-bond acceptors (Lipinski definition) is 4. The minimum atomic E-state index is -1.17. The fraction of sp³-hybridized carbons (Fsp3) is 0.333. The average molecular weight is 315 g/mol. The van der Waals surface area contributed by atoms with E-state index < -0.39 is 5.60 Å². The van der Waals surface area contributed by atoms with Crippen molar-refractivity contribution in [1.29, 1.82) is 0 Å². The van der Waals surface area contributed by atoms with Gasteiger partial charge in [0.2, 0.25) is 0 Å². The normalized spacial score (nSPS) is 12.8. The molecule has 5 nitrogen and oxygen atoms in total. The molecule has 3 N–H and O–H groups in total. The van der Waals surface area contributed by atoms with Crippen molar-refractivity contribution in [3.05, 3.63) is 47.2 Å². The van der Waals surface area contributed by atoms with Crippen LogP contribution in [0.3, 0.4) is 0 Å². The molecular weight excluding hydrogens is 290 g/mol. The summed E-state index contributed by atoms with van der Waals surface area (Å²) in [6.45, 7) is 10.4. The summed E-state index contributed by atoms with van der Waals surface area (Å²) in [5, 5.41) is 15.9. The number of anilines is 2. The molecule has 0 saturated heterocycles. The zero-order chi connectivity index (χ0) is 17.6. The lowest BCUT2D eigenvalue weighted by Crippen LogP contribution is -2.22. The third kappa shape index (κ3) is 5.07. The third-order valence-corrected chi connectivity index (χ3v) is 3.43. The largest absolute Gasteiger partial charge is 0.388 e. The number of benzene rings is 1. The highest BCUT2D eigenvalue weighted by molar-refractivity contribution is 6.06. The molecule has 1 aromatic rings. The number of nitrogens with zero attached hydrogens (tertiary/aromatic N) is 1. The molecule has 23 heavy (non-hydrogen) atoms. The van der Waals surface area contributed by atoms with Gasteiger partial charge < -0.3 is 15.7 Å². The van der Waals surface area contributed by atoms with Crippen molar-refractivity contribution >= 4 is 24.0 Å². The summed E-state index contributed by atoms with van der Waals surface area (Å²) in [6, 6.07) is 5.64. The molecule has 5 heteroatoms. The van der Waals surface area contributed by atoms with Crippen molar-refractivity contribution in [3.63, 3.8) is 0 Å². The molecule has 0 bridgehead atoms. The van der Waals surface area contributed by atoms with Crippen molar-refractivity contribution < 1.29 is 9.90 Å². The Bertz CT molecular complexity index is 653. The number of carbonyl (C=O) groups is 1. The van der Waals surface area contributed by atoms with Gasteiger partial charge in [-0.2, -0.15) is 0 Å². The van der Waals surface area contributed by atoms with E-state index in [9.17, 15) is 9.90 Å². The van der Waals surface area contributed by atoms with E-state index >= 15 is 0 Å². The van der Waals surface area contributed by atoms with Crippen LogP contribution >= 0.6 is 0 Å². The molecule has 0 saturated carbocycles. The second kappa shape index (κ2) is 7.74. The molecule has 0 radical (unpaired) electrons. The highest BCUT2D eigenvalue weighted by atomic mass is 16.3. The second-order valence-corrected chi connectivity index (χ2v) is 5.72. The Balaban J connectivity index is 3.03. The van der Waals surface area contributed by atoms with Crippen molar-refractivity contribution in [1.82, 2.24) is 0 Å². The van der Waals surface area contributed by atoms with Gasteiger partial charge in [0.1, 0.15) is 5.60 Å². The van der Waals surface area contributed by atoms with Crippen LogP contribution in [0.25, 0.3) is 0 Å². The average Bonchev–Trinajstić information content (AvgIpc) is 2.48. The maximum atomic E-state index is 12.4. The molecule has 0 fully saturated rings. The maximum Gasteiger partial charge on any atom is 0.255 e. The van der Waals surface area contributed by atoms with Crippen LogP contribution in [0.1, 0.15) is 26.3 Å². The number of aliphatic imine (C=N–C) groups is 1. The van der Waals surface area contributed by atoms with Gasteiger partial charge in [-0.15, -0.1) is 0 Å². The quantitative estimate of drug-likeness (QED) is 0.428. The molecule has 124 valence electrons. The Kier molecular flexibility index (Phi) is 6.28. The van der Waals surface area contributed by atoms with E-state index in [1.807, 2.05) is 32.2 Å². The van der Waals surface area contributed by atoms with Gasteiger partial charge in [0, 0.05) is 24.0 Å². The Morgan fingerprint density at radius 2 is 2.04 bits per heavy atom. The molecule has 0 aliphatic heterocycles. The minimum Gasteiger partial charge on any atom is -0.388 e. The first kappa shape index (κ1) is 18.6. The molecule has 0 aliphatic carbocycles. The molecule has 0 atom stereocenters. The number of aliphatic hydroxyl groups is 1. The van der Waals surface area contributed by atoms with Gasteiger partial charge in [-0.25, -0.2) is 0 Å². The SMILES string of the molecule is C=N/C(=C\C(=C/C)C(=O)Nc1ccc(C)c(NC)c1)C(C)(C)O. The van der Waals surface area contributed by atoms with Gasteiger partial charge in [0.05, 0.1) is 5.70 Å². The fourth-order valence-electron chi connectivity index (χ4n) is 2.02. The van der Waals surface area contributed by atoms with E-state index in [1.165, 1.54) is 6.08 Å². The van der Waals surface area contributed by atoms with E-state index in [0.29, 0.717) is 17.0 Å². The zero-order valence-electron chi connectivity index (χ0n) is 14.4. The van der Waals surface area contributed by atoms with Crippen molar-refractivity contribution in [2.24, 2.45) is 4.99 Å². The fourth-order valence-corrected chi connectivity index (χ4v) is 2.02. The molecule has 0 aromatic heterocycles. The van der Waals surface area contributed by atoms with Gasteiger partial charge in [-0.05, 0) is 58.2 Å². The number of aryl methyl sites for hydroxylation is 1. The summed E-state index contributed by atoms with van der Waals surface area (Å²) >= 11 is 0. The van der Waals surface area contributed by atoms with E-state index in [2.05, 4.69) is 22.3 Å². The number of rotatable bonds is 6.